The van der Waals surface area contributed by atoms with Crippen LogP contribution in [0.4, 0.5) is 10.5 Å². The minimum atomic E-state index is -0.740. The largest absolute Gasteiger partial charge is 0.437 e. The van der Waals surface area contributed by atoms with Crippen molar-refractivity contribution in [2.24, 2.45) is 5.16 Å². The van der Waals surface area contributed by atoms with E-state index in [9.17, 15) is 4.79 Å². The lowest BCUT2D eigenvalue weighted by molar-refractivity contribution is 0.166. The van der Waals surface area contributed by atoms with Crippen LogP contribution in [0.3, 0.4) is 0 Å². The third-order valence-electron chi connectivity index (χ3n) is 1.50. The molecule has 0 saturated heterocycles. The van der Waals surface area contributed by atoms with Crippen LogP contribution in [0.1, 0.15) is 13.8 Å². The Labute approximate surface area is 103 Å². The van der Waals surface area contributed by atoms with Gasteiger partial charge in [-0.2, -0.15) is 0 Å². The number of para-hydroxylation sites is 1. The van der Waals surface area contributed by atoms with Gasteiger partial charge in [-0.15, -0.1) is 0 Å². The van der Waals surface area contributed by atoms with Gasteiger partial charge in [0.25, 0.3) is 0 Å². The number of hydrogen-bond acceptors (Lipinski definition) is 3. The van der Waals surface area contributed by atoms with Crippen molar-refractivity contribution in [2.45, 2.75) is 13.8 Å². The molecule has 0 aromatic heterocycles. The zero-order chi connectivity index (χ0) is 12.1. The second kappa shape index (κ2) is 5.72. The molecule has 0 saturated carbocycles. The molecular formula is C10H10Cl2N2O2. The first-order chi connectivity index (χ1) is 7.50. The fourth-order valence-corrected chi connectivity index (χ4v) is 1.37. The summed E-state index contributed by atoms with van der Waals surface area (Å²) in [5.74, 6) is 0. The van der Waals surface area contributed by atoms with Crippen molar-refractivity contribution in [1.82, 2.24) is 0 Å². The third kappa shape index (κ3) is 3.72. The number of benzene rings is 1. The summed E-state index contributed by atoms with van der Waals surface area (Å²) in [6, 6.07) is 4.89. The highest BCUT2D eigenvalue weighted by Crippen LogP contribution is 2.29. The molecule has 0 atom stereocenters. The molecule has 0 aliphatic heterocycles. The Hall–Kier alpha value is -1.26. The predicted molar refractivity (Wildman–Crippen MR) is 65.3 cm³/mol. The van der Waals surface area contributed by atoms with Crippen LogP contribution in [0, 0.1) is 0 Å². The van der Waals surface area contributed by atoms with Crippen molar-refractivity contribution in [1.29, 1.82) is 0 Å². The van der Waals surface area contributed by atoms with Crippen molar-refractivity contribution in [2.75, 3.05) is 5.32 Å². The molecule has 0 unspecified atom stereocenters. The first kappa shape index (κ1) is 12.8. The highest BCUT2D eigenvalue weighted by molar-refractivity contribution is 6.39. The monoisotopic (exact) mass is 260 g/mol. The number of oxime groups is 1. The van der Waals surface area contributed by atoms with Crippen LogP contribution < -0.4 is 5.32 Å². The minimum absolute atomic E-state index is 0.305. The smallest absolute Gasteiger partial charge is 0.298 e. The molecule has 1 aromatic carbocycles. The van der Waals surface area contributed by atoms with E-state index < -0.39 is 6.09 Å². The zero-order valence-electron chi connectivity index (χ0n) is 8.75. The molecule has 0 heterocycles. The normalized spacial score (nSPS) is 9.50. The Kier molecular flexibility index (Phi) is 4.58. The average Bonchev–Trinajstić information content (AvgIpc) is 2.21. The highest BCUT2D eigenvalue weighted by atomic mass is 35.5. The molecule has 1 amide bonds. The lowest BCUT2D eigenvalue weighted by atomic mass is 10.3. The van der Waals surface area contributed by atoms with E-state index in [1.165, 1.54) is 0 Å². The lowest BCUT2D eigenvalue weighted by Crippen LogP contribution is -2.12. The maximum atomic E-state index is 11.3. The van der Waals surface area contributed by atoms with Crippen molar-refractivity contribution >= 4 is 40.7 Å². The van der Waals surface area contributed by atoms with E-state index in [4.69, 9.17) is 23.2 Å². The SMILES string of the molecule is CC(C)=NOC(=O)Nc1c(Cl)cccc1Cl. The molecule has 0 aliphatic rings. The number of carbonyl (C=O) groups excluding carboxylic acids is 1. The Balaban J connectivity index is 2.74. The molecule has 6 heteroatoms. The number of carbonyl (C=O) groups is 1. The van der Waals surface area contributed by atoms with Gasteiger partial charge in [-0.05, 0) is 26.0 Å². The van der Waals surface area contributed by atoms with E-state index >= 15 is 0 Å². The Morgan fingerprint density at radius 3 is 2.38 bits per heavy atom. The molecular weight excluding hydrogens is 251 g/mol. The molecule has 1 aromatic rings. The van der Waals surface area contributed by atoms with Crippen molar-refractivity contribution in [3.8, 4) is 0 Å². The molecule has 0 radical (unpaired) electrons. The fraction of sp³-hybridized carbons (Fsp3) is 0.200. The molecule has 0 aliphatic carbocycles. The summed E-state index contributed by atoms with van der Waals surface area (Å²) >= 11 is 11.7. The zero-order valence-corrected chi connectivity index (χ0v) is 10.3. The predicted octanol–water partition coefficient (Wildman–Crippen LogP) is 3.94. The standard InChI is InChI=1S/C10H10Cl2N2O2/c1-6(2)14-16-10(15)13-9-7(11)4-3-5-8(9)12/h3-5H,1-2H3,(H,13,15). The van der Waals surface area contributed by atoms with Gasteiger partial charge in [0.1, 0.15) is 0 Å². The lowest BCUT2D eigenvalue weighted by Gasteiger charge is -2.06. The van der Waals surface area contributed by atoms with Crippen LogP contribution in [0.15, 0.2) is 23.4 Å². The van der Waals surface area contributed by atoms with Crippen LogP contribution in [-0.2, 0) is 4.84 Å². The van der Waals surface area contributed by atoms with Gasteiger partial charge in [0.05, 0.1) is 21.4 Å². The topological polar surface area (TPSA) is 50.7 Å². The van der Waals surface area contributed by atoms with E-state index in [0.717, 1.165) is 0 Å². The van der Waals surface area contributed by atoms with Gasteiger partial charge in [-0.1, -0.05) is 34.4 Å². The van der Waals surface area contributed by atoms with E-state index in [-0.39, 0.29) is 0 Å². The first-order valence-corrected chi connectivity index (χ1v) is 5.19. The molecule has 86 valence electrons. The van der Waals surface area contributed by atoms with Crippen LogP contribution in [0.2, 0.25) is 10.0 Å². The van der Waals surface area contributed by atoms with Crippen molar-refractivity contribution < 1.29 is 9.63 Å². The van der Waals surface area contributed by atoms with E-state index in [1.807, 2.05) is 0 Å². The summed E-state index contributed by atoms with van der Waals surface area (Å²) in [5.41, 5.74) is 0.931. The second-order valence-corrected chi connectivity index (χ2v) is 3.95. The molecule has 1 N–H and O–H groups in total. The van der Waals surface area contributed by atoms with Crippen molar-refractivity contribution in [3.05, 3.63) is 28.2 Å². The van der Waals surface area contributed by atoms with Gasteiger partial charge >= 0.3 is 6.09 Å². The number of nitrogens with one attached hydrogen (secondary N) is 1. The summed E-state index contributed by atoms with van der Waals surface area (Å²) in [6.07, 6.45) is -0.740. The number of anilines is 1. The maximum absolute atomic E-state index is 11.3. The second-order valence-electron chi connectivity index (χ2n) is 3.14. The minimum Gasteiger partial charge on any atom is -0.298 e. The van der Waals surface area contributed by atoms with Crippen molar-refractivity contribution in [3.63, 3.8) is 0 Å². The molecule has 1 rings (SSSR count). The summed E-state index contributed by atoms with van der Waals surface area (Å²) in [7, 11) is 0. The van der Waals surface area contributed by atoms with Gasteiger partial charge in [-0.25, -0.2) is 4.79 Å². The molecule has 0 bridgehead atoms. The number of nitrogens with zero attached hydrogens (tertiary/aromatic N) is 1. The molecule has 0 spiro atoms. The summed E-state index contributed by atoms with van der Waals surface area (Å²) in [5, 5.41) is 6.57. The van der Waals surface area contributed by atoms with E-state index in [0.29, 0.717) is 21.4 Å². The molecule has 4 nitrogen and oxygen atoms in total. The van der Waals surface area contributed by atoms with Gasteiger partial charge in [-0.3, -0.25) is 10.2 Å². The van der Waals surface area contributed by atoms with Crippen LogP contribution in [-0.4, -0.2) is 11.8 Å². The first-order valence-electron chi connectivity index (χ1n) is 4.44. The van der Waals surface area contributed by atoms with Crippen LogP contribution >= 0.6 is 23.2 Å². The van der Waals surface area contributed by atoms with Crippen LogP contribution in [0.5, 0.6) is 0 Å². The Morgan fingerprint density at radius 2 is 1.88 bits per heavy atom. The Bertz CT molecular complexity index is 409. The van der Waals surface area contributed by atoms with Crippen LogP contribution in [0.25, 0.3) is 0 Å². The number of halogens is 2. The summed E-state index contributed by atoms with van der Waals surface area (Å²) in [4.78, 5) is 15.8. The number of rotatable bonds is 2. The van der Waals surface area contributed by atoms with Gasteiger partial charge in [0, 0.05) is 0 Å². The fourth-order valence-electron chi connectivity index (χ4n) is 0.875. The summed E-state index contributed by atoms with van der Waals surface area (Å²) < 4.78 is 0. The highest BCUT2D eigenvalue weighted by Gasteiger charge is 2.10. The third-order valence-corrected chi connectivity index (χ3v) is 2.13. The number of hydrogen-bond donors (Lipinski definition) is 1. The quantitative estimate of drug-likeness (QED) is 0.498. The molecule has 16 heavy (non-hydrogen) atoms. The molecule has 0 fully saturated rings. The summed E-state index contributed by atoms with van der Waals surface area (Å²) in [6.45, 7) is 3.41. The number of amides is 1. The average molecular weight is 261 g/mol. The van der Waals surface area contributed by atoms with E-state index in [1.54, 1.807) is 32.0 Å². The van der Waals surface area contributed by atoms with Gasteiger partial charge < -0.3 is 0 Å². The maximum Gasteiger partial charge on any atom is 0.437 e. The van der Waals surface area contributed by atoms with Gasteiger partial charge in [0.2, 0.25) is 0 Å². The Morgan fingerprint density at radius 1 is 1.31 bits per heavy atom. The van der Waals surface area contributed by atoms with Gasteiger partial charge in [0.15, 0.2) is 0 Å². The van der Waals surface area contributed by atoms with E-state index in [2.05, 4.69) is 15.3 Å².